The molecule has 1 saturated carbocycles. The molecule has 0 bridgehead atoms. The van der Waals surface area contributed by atoms with Crippen molar-refractivity contribution in [1.82, 2.24) is 14.3 Å². The molecule has 12 heteroatoms. The third-order valence-electron chi connectivity index (χ3n) is 6.81. The number of nitrogens with one attached hydrogen (secondary N) is 2. The molecular formula is C26H21F4N3O4S. The number of alkyl halides is 3. The molecule has 4 aromatic rings. The molecule has 2 N–H and O–H groups in total. The fraction of sp³-hybridized carbons (Fsp3) is 0.231. The van der Waals surface area contributed by atoms with Gasteiger partial charge in [-0.1, -0.05) is 18.2 Å². The summed E-state index contributed by atoms with van der Waals surface area (Å²) < 4.78 is 83.6. The minimum absolute atomic E-state index is 0.0830. The van der Waals surface area contributed by atoms with Crippen LogP contribution in [-0.2, 0) is 22.7 Å². The minimum atomic E-state index is -4.74. The first kappa shape index (κ1) is 25.7. The van der Waals surface area contributed by atoms with Crippen molar-refractivity contribution >= 4 is 26.8 Å². The van der Waals surface area contributed by atoms with Crippen LogP contribution in [0.25, 0.3) is 22.0 Å². The Morgan fingerprint density at radius 3 is 2.45 bits per heavy atom. The Kier molecular flexibility index (Phi) is 5.97. The number of pyridine rings is 1. The van der Waals surface area contributed by atoms with Gasteiger partial charge < -0.3 is 9.55 Å². The number of rotatable bonds is 6. The average molecular weight is 548 g/mol. The number of carbonyl (C=O) groups excluding carboxylic acids is 1. The number of aromatic nitrogens is 2. The molecule has 0 aliphatic heterocycles. The van der Waals surface area contributed by atoms with Crippen LogP contribution in [0.5, 0.6) is 0 Å². The van der Waals surface area contributed by atoms with E-state index in [0.29, 0.717) is 12.8 Å². The summed E-state index contributed by atoms with van der Waals surface area (Å²) in [6.07, 6.45) is -2.78. The second-order valence-electron chi connectivity index (χ2n) is 9.43. The summed E-state index contributed by atoms with van der Waals surface area (Å²) in [4.78, 5) is 28.9. The van der Waals surface area contributed by atoms with E-state index in [9.17, 15) is 35.6 Å². The van der Waals surface area contributed by atoms with Gasteiger partial charge in [0.25, 0.3) is 11.5 Å². The first-order valence-electron chi connectivity index (χ1n) is 11.5. The van der Waals surface area contributed by atoms with E-state index < -0.39 is 43.8 Å². The molecule has 1 aliphatic carbocycles. The number of amides is 1. The van der Waals surface area contributed by atoms with E-state index in [1.54, 1.807) is 6.07 Å². The highest BCUT2D eigenvalue weighted by molar-refractivity contribution is 7.91. The number of fused-ring (bicyclic) bond motifs is 1. The van der Waals surface area contributed by atoms with Gasteiger partial charge in [0, 0.05) is 33.8 Å². The zero-order valence-corrected chi connectivity index (χ0v) is 20.7. The fourth-order valence-electron chi connectivity index (χ4n) is 4.36. The molecule has 2 aromatic heterocycles. The molecule has 38 heavy (non-hydrogen) atoms. The van der Waals surface area contributed by atoms with E-state index >= 15 is 0 Å². The molecular weight excluding hydrogens is 526 g/mol. The number of carbonyl (C=O) groups is 1. The third kappa shape index (κ3) is 4.38. The molecule has 198 valence electrons. The molecule has 0 radical (unpaired) electrons. The highest BCUT2D eigenvalue weighted by atomic mass is 32.2. The first-order valence-corrected chi connectivity index (χ1v) is 13.0. The van der Waals surface area contributed by atoms with Crippen LogP contribution < -0.4 is 10.3 Å². The predicted octanol–water partition coefficient (Wildman–Crippen LogP) is 4.81. The molecule has 0 atom stereocenters. The number of aromatic amines is 1. The lowest BCUT2D eigenvalue weighted by Crippen LogP contribution is -2.39. The molecule has 1 amide bonds. The number of nitrogens with zero attached hydrogens (tertiary/aromatic N) is 1. The summed E-state index contributed by atoms with van der Waals surface area (Å²) in [6.45, 7) is 1.15. The minimum Gasteiger partial charge on any atom is -0.331 e. The molecule has 5 rings (SSSR count). The highest BCUT2D eigenvalue weighted by Gasteiger charge is 2.51. The zero-order chi connectivity index (χ0) is 27.5. The lowest BCUT2D eigenvalue weighted by atomic mass is 10.0. The van der Waals surface area contributed by atoms with Gasteiger partial charge in [-0.2, -0.15) is 13.2 Å². The van der Waals surface area contributed by atoms with Crippen molar-refractivity contribution < 1.29 is 30.8 Å². The number of halogens is 4. The normalized spacial score (nSPS) is 15.0. The van der Waals surface area contributed by atoms with Gasteiger partial charge in [0.2, 0.25) is 10.0 Å². The maximum atomic E-state index is 14.6. The van der Waals surface area contributed by atoms with Crippen molar-refractivity contribution in [2.24, 2.45) is 0 Å². The molecule has 0 saturated heterocycles. The summed E-state index contributed by atoms with van der Waals surface area (Å²) in [5.74, 6) is -1.78. The van der Waals surface area contributed by atoms with Crippen LogP contribution in [0.1, 0.15) is 41.4 Å². The fourth-order valence-corrected chi connectivity index (χ4v) is 5.58. The van der Waals surface area contributed by atoms with Crippen LogP contribution in [-0.4, -0.2) is 28.6 Å². The number of sulfonamides is 1. The van der Waals surface area contributed by atoms with Gasteiger partial charge in [-0.05, 0) is 56.2 Å². The molecule has 2 heterocycles. The molecule has 7 nitrogen and oxygen atoms in total. The van der Waals surface area contributed by atoms with E-state index in [4.69, 9.17) is 0 Å². The summed E-state index contributed by atoms with van der Waals surface area (Å²) >= 11 is 0. The maximum absolute atomic E-state index is 14.6. The monoisotopic (exact) mass is 547 g/mol. The molecule has 1 fully saturated rings. The summed E-state index contributed by atoms with van der Waals surface area (Å²) in [5.41, 5.74) is -2.29. The number of hydrogen-bond acceptors (Lipinski definition) is 4. The van der Waals surface area contributed by atoms with Crippen molar-refractivity contribution in [2.75, 3.05) is 0 Å². The quantitative estimate of drug-likeness (QED) is 0.338. The molecule has 0 unspecified atom stereocenters. The second-order valence-corrected chi connectivity index (χ2v) is 11.6. The topological polar surface area (TPSA) is 101 Å². The van der Waals surface area contributed by atoms with E-state index in [1.165, 1.54) is 48.0 Å². The number of hydrogen-bond donors (Lipinski definition) is 2. The van der Waals surface area contributed by atoms with Crippen molar-refractivity contribution in [3.05, 3.63) is 93.8 Å². The van der Waals surface area contributed by atoms with Gasteiger partial charge in [-0.15, -0.1) is 0 Å². The summed E-state index contributed by atoms with van der Waals surface area (Å²) in [7, 11) is -4.16. The van der Waals surface area contributed by atoms with Gasteiger partial charge in [0.05, 0.1) is 16.9 Å². The van der Waals surface area contributed by atoms with Crippen LogP contribution in [0.2, 0.25) is 0 Å². The SMILES string of the molecule is CC1(S(=O)(=O)NC(=O)c2c(-c3ccc[nH]c3=O)c3cc(C(F)(F)F)ccc3n2Cc2ccccc2F)CC1. The Labute approximate surface area is 214 Å². The zero-order valence-electron chi connectivity index (χ0n) is 19.9. The average Bonchev–Trinajstić information content (AvgIpc) is 3.53. The number of benzene rings is 2. The van der Waals surface area contributed by atoms with Crippen LogP contribution in [0.4, 0.5) is 17.6 Å². The van der Waals surface area contributed by atoms with Crippen LogP contribution in [0, 0.1) is 5.82 Å². The highest BCUT2D eigenvalue weighted by Crippen LogP contribution is 2.43. The lowest BCUT2D eigenvalue weighted by Gasteiger charge is -2.16. The van der Waals surface area contributed by atoms with E-state index in [1.807, 2.05) is 4.72 Å². The van der Waals surface area contributed by atoms with Crippen LogP contribution >= 0.6 is 0 Å². The Morgan fingerprint density at radius 1 is 1.11 bits per heavy atom. The van der Waals surface area contributed by atoms with Crippen LogP contribution in [0.3, 0.4) is 0 Å². The van der Waals surface area contributed by atoms with Crippen molar-refractivity contribution in [2.45, 2.75) is 37.2 Å². The van der Waals surface area contributed by atoms with Crippen molar-refractivity contribution in [3.63, 3.8) is 0 Å². The molecule has 2 aromatic carbocycles. The maximum Gasteiger partial charge on any atom is 0.416 e. The van der Waals surface area contributed by atoms with Gasteiger partial charge in [0.15, 0.2) is 0 Å². The standard InChI is InChI=1S/C26H21F4N3O4S/c1-25(10-11-25)38(36,37)32-24(35)22-21(17-6-4-12-31-23(17)34)18-13-16(26(28,29)30)8-9-20(18)33(22)14-15-5-2-3-7-19(15)27/h2-9,12-13H,10-11,14H2,1H3,(H,31,34)(H,32,35). The van der Waals surface area contributed by atoms with Crippen molar-refractivity contribution in [1.29, 1.82) is 0 Å². The smallest absolute Gasteiger partial charge is 0.331 e. The molecule has 1 aliphatic rings. The Hall–Kier alpha value is -3.93. The number of H-pyrrole nitrogens is 1. The van der Waals surface area contributed by atoms with Crippen molar-refractivity contribution in [3.8, 4) is 11.1 Å². The first-order chi connectivity index (χ1) is 17.8. The summed E-state index contributed by atoms with van der Waals surface area (Å²) in [5, 5.41) is -0.118. The largest absolute Gasteiger partial charge is 0.416 e. The summed E-state index contributed by atoms with van der Waals surface area (Å²) in [6, 6.07) is 11.1. The van der Waals surface area contributed by atoms with Gasteiger partial charge in [-0.25, -0.2) is 17.5 Å². The Bertz CT molecular complexity index is 1750. The van der Waals surface area contributed by atoms with E-state index in [-0.39, 0.29) is 39.8 Å². The van der Waals surface area contributed by atoms with Crippen LogP contribution in [0.15, 0.2) is 65.6 Å². The van der Waals surface area contributed by atoms with E-state index in [0.717, 1.165) is 18.2 Å². The lowest BCUT2D eigenvalue weighted by molar-refractivity contribution is -0.137. The third-order valence-corrected chi connectivity index (χ3v) is 8.97. The van der Waals surface area contributed by atoms with E-state index in [2.05, 4.69) is 4.98 Å². The van der Waals surface area contributed by atoms with Gasteiger partial charge >= 0.3 is 6.18 Å². The van der Waals surface area contributed by atoms with Gasteiger partial charge in [0.1, 0.15) is 11.5 Å². The molecule has 0 spiro atoms. The Balaban J connectivity index is 1.84. The van der Waals surface area contributed by atoms with Gasteiger partial charge in [-0.3, -0.25) is 9.59 Å². The second kappa shape index (κ2) is 8.83. The predicted molar refractivity (Wildman–Crippen MR) is 133 cm³/mol. The Morgan fingerprint density at radius 2 is 1.82 bits per heavy atom.